The standard InChI is InChI=1S/C8H10N2O2/c1-6-7(2-3-8(11)12)10-5-4-9-6/h4-5H,2-3H2,1H3,(H,11,12). The van der Waals surface area contributed by atoms with Crippen molar-refractivity contribution in [1.82, 2.24) is 9.97 Å². The van der Waals surface area contributed by atoms with Gasteiger partial charge in [-0.1, -0.05) is 0 Å². The number of carboxylic acids is 1. The molecule has 4 nitrogen and oxygen atoms in total. The lowest BCUT2D eigenvalue weighted by Gasteiger charge is -1.99. The minimum Gasteiger partial charge on any atom is -0.481 e. The topological polar surface area (TPSA) is 63.1 Å². The summed E-state index contributed by atoms with van der Waals surface area (Å²) in [5.41, 5.74) is 1.57. The smallest absolute Gasteiger partial charge is 0.303 e. The molecule has 0 aromatic carbocycles. The van der Waals surface area contributed by atoms with Gasteiger partial charge in [-0.25, -0.2) is 0 Å². The molecule has 0 radical (unpaired) electrons. The van der Waals surface area contributed by atoms with Crippen molar-refractivity contribution in [3.8, 4) is 0 Å². The highest BCUT2D eigenvalue weighted by Crippen LogP contribution is 2.02. The van der Waals surface area contributed by atoms with Gasteiger partial charge >= 0.3 is 5.97 Å². The average molecular weight is 166 g/mol. The van der Waals surface area contributed by atoms with Crippen LogP contribution in [0, 0.1) is 6.92 Å². The summed E-state index contributed by atoms with van der Waals surface area (Å²) in [6.07, 6.45) is 3.73. The Balaban J connectivity index is 2.63. The summed E-state index contributed by atoms with van der Waals surface area (Å²) in [6.45, 7) is 1.82. The van der Waals surface area contributed by atoms with E-state index in [4.69, 9.17) is 5.11 Å². The maximum Gasteiger partial charge on any atom is 0.303 e. The van der Waals surface area contributed by atoms with E-state index in [9.17, 15) is 4.79 Å². The number of aliphatic carboxylic acids is 1. The van der Waals surface area contributed by atoms with Crippen LogP contribution >= 0.6 is 0 Å². The summed E-state index contributed by atoms with van der Waals surface area (Å²) in [4.78, 5) is 18.3. The van der Waals surface area contributed by atoms with Crippen LogP contribution in [0.2, 0.25) is 0 Å². The fraction of sp³-hybridized carbons (Fsp3) is 0.375. The van der Waals surface area contributed by atoms with Crippen LogP contribution in [0.25, 0.3) is 0 Å². The average Bonchev–Trinajstić information content (AvgIpc) is 2.03. The van der Waals surface area contributed by atoms with E-state index in [0.717, 1.165) is 11.4 Å². The van der Waals surface area contributed by atoms with Crippen molar-refractivity contribution in [2.45, 2.75) is 19.8 Å². The van der Waals surface area contributed by atoms with E-state index in [1.807, 2.05) is 6.92 Å². The lowest BCUT2D eigenvalue weighted by Crippen LogP contribution is -2.01. The number of aromatic nitrogens is 2. The van der Waals surface area contributed by atoms with Crippen LogP contribution < -0.4 is 0 Å². The molecule has 1 N–H and O–H groups in total. The molecule has 0 bridgehead atoms. The highest BCUT2D eigenvalue weighted by molar-refractivity contribution is 5.66. The lowest BCUT2D eigenvalue weighted by molar-refractivity contribution is -0.136. The first-order chi connectivity index (χ1) is 5.70. The van der Waals surface area contributed by atoms with Crippen LogP contribution in [0.3, 0.4) is 0 Å². The Labute approximate surface area is 70.3 Å². The second-order valence-corrected chi connectivity index (χ2v) is 2.48. The largest absolute Gasteiger partial charge is 0.481 e. The Morgan fingerprint density at radius 2 is 2.17 bits per heavy atom. The van der Waals surface area contributed by atoms with Gasteiger partial charge in [0.05, 0.1) is 17.8 Å². The molecule has 1 aromatic heterocycles. The maximum absolute atomic E-state index is 10.2. The Bertz CT molecular complexity index is 286. The molecule has 64 valence electrons. The number of carbonyl (C=O) groups is 1. The van der Waals surface area contributed by atoms with Crippen molar-refractivity contribution in [2.24, 2.45) is 0 Å². The van der Waals surface area contributed by atoms with Crippen LogP contribution in [0.1, 0.15) is 17.8 Å². The molecule has 12 heavy (non-hydrogen) atoms. The third-order valence-electron chi connectivity index (χ3n) is 1.56. The van der Waals surface area contributed by atoms with Gasteiger partial charge in [-0.15, -0.1) is 0 Å². The highest BCUT2D eigenvalue weighted by Gasteiger charge is 2.02. The summed E-state index contributed by atoms with van der Waals surface area (Å²) in [5.74, 6) is -0.806. The van der Waals surface area contributed by atoms with Crippen LogP contribution in [-0.2, 0) is 11.2 Å². The molecule has 1 rings (SSSR count). The number of rotatable bonds is 3. The van der Waals surface area contributed by atoms with Crippen molar-refractivity contribution in [3.63, 3.8) is 0 Å². The van der Waals surface area contributed by atoms with Crippen molar-refractivity contribution < 1.29 is 9.90 Å². The van der Waals surface area contributed by atoms with E-state index in [-0.39, 0.29) is 6.42 Å². The minimum atomic E-state index is -0.806. The van der Waals surface area contributed by atoms with E-state index >= 15 is 0 Å². The summed E-state index contributed by atoms with van der Waals surface area (Å²) in [7, 11) is 0. The van der Waals surface area contributed by atoms with Crippen molar-refractivity contribution in [1.29, 1.82) is 0 Å². The molecule has 0 amide bonds. The van der Waals surface area contributed by atoms with Crippen LogP contribution in [0.5, 0.6) is 0 Å². The first kappa shape index (κ1) is 8.64. The summed E-state index contributed by atoms with van der Waals surface area (Å²) < 4.78 is 0. The normalized spacial score (nSPS) is 9.75. The van der Waals surface area contributed by atoms with Gasteiger partial charge < -0.3 is 5.11 Å². The fourth-order valence-electron chi connectivity index (χ4n) is 0.907. The zero-order valence-corrected chi connectivity index (χ0v) is 6.82. The molecule has 1 heterocycles. The van der Waals surface area contributed by atoms with Crippen molar-refractivity contribution in [3.05, 3.63) is 23.8 Å². The molecule has 0 saturated heterocycles. The number of hydrogen-bond donors (Lipinski definition) is 1. The predicted octanol–water partition coefficient (Wildman–Crippen LogP) is 0.802. The molecule has 0 spiro atoms. The van der Waals surface area contributed by atoms with Gasteiger partial charge in [-0.3, -0.25) is 14.8 Å². The summed E-state index contributed by atoms with van der Waals surface area (Å²) in [6, 6.07) is 0. The quantitative estimate of drug-likeness (QED) is 0.721. The molecule has 4 heteroatoms. The monoisotopic (exact) mass is 166 g/mol. The van der Waals surface area contributed by atoms with Crippen LogP contribution in [0.15, 0.2) is 12.4 Å². The van der Waals surface area contributed by atoms with Crippen molar-refractivity contribution >= 4 is 5.97 Å². The van der Waals surface area contributed by atoms with Gasteiger partial charge in [-0.05, 0) is 6.92 Å². The zero-order chi connectivity index (χ0) is 8.97. The Morgan fingerprint density at radius 3 is 2.75 bits per heavy atom. The van der Waals surface area contributed by atoms with Gasteiger partial charge in [0.1, 0.15) is 0 Å². The first-order valence-corrected chi connectivity index (χ1v) is 3.68. The number of nitrogens with zero attached hydrogens (tertiary/aromatic N) is 2. The molecule has 0 unspecified atom stereocenters. The third kappa shape index (κ3) is 2.30. The zero-order valence-electron chi connectivity index (χ0n) is 6.82. The van der Waals surface area contributed by atoms with Crippen molar-refractivity contribution in [2.75, 3.05) is 0 Å². The SMILES string of the molecule is Cc1nccnc1CCC(=O)O. The van der Waals surface area contributed by atoms with Gasteiger partial charge in [0, 0.05) is 18.8 Å². The fourth-order valence-corrected chi connectivity index (χ4v) is 0.907. The van der Waals surface area contributed by atoms with E-state index in [1.54, 1.807) is 12.4 Å². The Hall–Kier alpha value is -1.45. The predicted molar refractivity (Wildman–Crippen MR) is 42.7 cm³/mol. The Morgan fingerprint density at radius 1 is 1.50 bits per heavy atom. The van der Waals surface area contributed by atoms with Crippen LogP contribution in [0.4, 0.5) is 0 Å². The Kier molecular flexibility index (Phi) is 2.74. The molecule has 0 saturated carbocycles. The van der Waals surface area contributed by atoms with Gasteiger partial charge in [-0.2, -0.15) is 0 Å². The van der Waals surface area contributed by atoms with Gasteiger partial charge in [0.2, 0.25) is 0 Å². The van der Waals surface area contributed by atoms with Gasteiger partial charge in [0.25, 0.3) is 0 Å². The van der Waals surface area contributed by atoms with E-state index in [2.05, 4.69) is 9.97 Å². The highest BCUT2D eigenvalue weighted by atomic mass is 16.4. The third-order valence-corrected chi connectivity index (χ3v) is 1.56. The number of carboxylic acid groups (broad SMARTS) is 1. The van der Waals surface area contributed by atoms with E-state index in [0.29, 0.717) is 6.42 Å². The molecule has 0 aliphatic heterocycles. The molecule has 0 atom stereocenters. The van der Waals surface area contributed by atoms with Gasteiger partial charge in [0.15, 0.2) is 0 Å². The molecule has 0 aliphatic carbocycles. The molecular formula is C8H10N2O2. The summed E-state index contributed by atoms with van der Waals surface area (Å²) in [5, 5.41) is 8.42. The maximum atomic E-state index is 10.2. The van der Waals surface area contributed by atoms with E-state index < -0.39 is 5.97 Å². The first-order valence-electron chi connectivity index (χ1n) is 3.68. The number of hydrogen-bond acceptors (Lipinski definition) is 3. The second-order valence-electron chi connectivity index (χ2n) is 2.48. The van der Waals surface area contributed by atoms with Crippen LogP contribution in [-0.4, -0.2) is 21.0 Å². The second kappa shape index (κ2) is 3.80. The number of aryl methyl sites for hydroxylation is 2. The molecule has 0 fully saturated rings. The molecular weight excluding hydrogens is 156 g/mol. The summed E-state index contributed by atoms with van der Waals surface area (Å²) >= 11 is 0. The molecule has 1 aromatic rings. The molecule has 0 aliphatic rings. The van der Waals surface area contributed by atoms with E-state index in [1.165, 1.54) is 0 Å². The minimum absolute atomic E-state index is 0.111. The lowest BCUT2D eigenvalue weighted by atomic mass is 10.2.